The van der Waals surface area contributed by atoms with Gasteiger partial charge in [0.05, 0.1) is 10.7 Å². The zero-order valence-corrected chi connectivity index (χ0v) is 10.4. The molecule has 0 unspecified atom stereocenters. The number of hydrogen-bond donors (Lipinski definition) is 2. The number of anilines is 1. The van der Waals surface area contributed by atoms with Crippen LogP contribution in [0.5, 0.6) is 0 Å². The molecular formula is C11H13Cl2NO2. The van der Waals surface area contributed by atoms with Crippen LogP contribution < -0.4 is 5.32 Å². The average Bonchev–Trinajstić information content (AvgIpc) is 2.19. The van der Waals surface area contributed by atoms with E-state index in [-0.39, 0.29) is 6.42 Å². The van der Waals surface area contributed by atoms with Crippen molar-refractivity contribution in [2.24, 2.45) is 0 Å². The third-order valence-electron chi connectivity index (χ3n) is 2.13. The molecule has 1 rings (SSSR count). The molecule has 0 aliphatic carbocycles. The van der Waals surface area contributed by atoms with Crippen molar-refractivity contribution in [2.45, 2.75) is 19.8 Å². The maximum Gasteiger partial charge on any atom is 0.303 e. The second-order valence-corrected chi connectivity index (χ2v) is 4.32. The Kier molecular flexibility index (Phi) is 4.90. The number of carboxylic acids is 1. The van der Waals surface area contributed by atoms with Crippen LogP contribution in [0.3, 0.4) is 0 Å². The first-order valence-corrected chi connectivity index (χ1v) is 5.67. The molecule has 0 amide bonds. The molecule has 0 aliphatic rings. The topological polar surface area (TPSA) is 49.3 Å². The van der Waals surface area contributed by atoms with Gasteiger partial charge in [0.1, 0.15) is 0 Å². The number of carboxylic acid groups (broad SMARTS) is 1. The van der Waals surface area contributed by atoms with Gasteiger partial charge in [-0.05, 0) is 31.0 Å². The van der Waals surface area contributed by atoms with Crippen LogP contribution in [0.2, 0.25) is 10.0 Å². The Bertz CT molecular complexity index is 394. The van der Waals surface area contributed by atoms with Crippen molar-refractivity contribution in [3.8, 4) is 0 Å². The quantitative estimate of drug-likeness (QED) is 0.797. The molecule has 5 heteroatoms. The lowest BCUT2D eigenvalue weighted by Crippen LogP contribution is -2.05. The van der Waals surface area contributed by atoms with Gasteiger partial charge in [0.25, 0.3) is 0 Å². The molecule has 1 aromatic carbocycles. The highest BCUT2D eigenvalue weighted by Crippen LogP contribution is 2.28. The lowest BCUT2D eigenvalue weighted by Gasteiger charge is -2.09. The minimum Gasteiger partial charge on any atom is -0.481 e. The average molecular weight is 262 g/mol. The van der Waals surface area contributed by atoms with Gasteiger partial charge in [-0.3, -0.25) is 4.79 Å². The first-order chi connectivity index (χ1) is 7.50. The van der Waals surface area contributed by atoms with E-state index in [2.05, 4.69) is 5.32 Å². The molecule has 2 N–H and O–H groups in total. The maximum atomic E-state index is 10.3. The molecule has 1 aromatic rings. The van der Waals surface area contributed by atoms with Crippen molar-refractivity contribution in [3.63, 3.8) is 0 Å². The van der Waals surface area contributed by atoms with Crippen molar-refractivity contribution in [2.75, 3.05) is 11.9 Å². The van der Waals surface area contributed by atoms with E-state index >= 15 is 0 Å². The predicted octanol–water partition coefficient (Wildman–Crippen LogP) is 3.58. The molecule has 0 bridgehead atoms. The summed E-state index contributed by atoms with van der Waals surface area (Å²) in [6.45, 7) is 2.44. The fourth-order valence-electron chi connectivity index (χ4n) is 1.24. The standard InChI is InChI=1S/C11H13Cl2NO2/c1-7-5-9(13)10(6-8(7)12)14-4-2-3-11(15)16/h5-6,14H,2-4H2,1H3,(H,15,16). The Balaban J connectivity index is 2.54. The van der Waals surface area contributed by atoms with Gasteiger partial charge >= 0.3 is 5.97 Å². The molecule has 0 aromatic heterocycles. The predicted molar refractivity (Wildman–Crippen MR) is 66.6 cm³/mol. The second-order valence-electron chi connectivity index (χ2n) is 3.51. The Morgan fingerprint density at radius 1 is 1.38 bits per heavy atom. The maximum absolute atomic E-state index is 10.3. The summed E-state index contributed by atoms with van der Waals surface area (Å²) in [6, 6.07) is 3.53. The van der Waals surface area contributed by atoms with Crippen molar-refractivity contribution >= 4 is 34.9 Å². The van der Waals surface area contributed by atoms with Gasteiger partial charge in [-0.2, -0.15) is 0 Å². The van der Waals surface area contributed by atoms with Crippen molar-refractivity contribution in [1.82, 2.24) is 0 Å². The molecule has 0 fully saturated rings. The number of nitrogens with one attached hydrogen (secondary N) is 1. The summed E-state index contributed by atoms with van der Waals surface area (Å²) < 4.78 is 0. The first-order valence-electron chi connectivity index (χ1n) is 4.92. The van der Waals surface area contributed by atoms with Crippen LogP contribution in [0.4, 0.5) is 5.69 Å². The van der Waals surface area contributed by atoms with Crippen LogP contribution in [0, 0.1) is 6.92 Å². The molecule has 0 heterocycles. The molecule has 0 spiro atoms. The minimum absolute atomic E-state index is 0.143. The monoisotopic (exact) mass is 261 g/mol. The summed E-state index contributed by atoms with van der Waals surface area (Å²) in [7, 11) is 0. The van der Waals surface area contributed by atoms with Crippen LogP contribution in [0.25, 0.3) is 0 Å². The fourth-order valence-corrected chi connectivity index (χ4v) is 1.69. The van der Waals surface area contributed by atoms with E-state index in [0.29, 0.717) is 23.0 Å². The zero-order chi connectivity index (χ0) is 12.1. The number of benzene rings is 1. The van der Waals surface area contributed by atoms with Crippen LogP contribution in [0.1, 0.15) is 18.4 Å². The van der Waals surface area contributed by atoms with Crippen LogP contribution in [-0.2, 0) is 4.79 Å². The van der Waals surface area contributed by atoms with E-state index in [0.717, 1.165) is 11.3 Å². The summed E-state index contributed by atoms with van der Waals surface area (Å²) in [5, 5.41) is 12.8. The van der Waals surface area contributed by atoms with Crippen molar-refractivity contribution < 1.29 is 9.90 Å². The van der Waals surface area contributed by atoms with E-state index in [1.54, 1.807) is 12.1 Å². The lowest BCUT2D eigenvalue weighted by atomic mass is 10.2. The van der Waals surface area contributed by atoms with Gasteiger partial charge in [0.2, 0.25) is 0 Å². The van der Waals surface area contributed by atoms with Gasteiger partial charge in [-0.25, -0.2) is 0 Å². The van der Waals surface area contributed by atoms with Gasteiger partial charge in [0, 0.05) is 18.0 Å². The third kappa shape index (κ3) is 3.91. The number of hydrogen-bond acceptors (Lipinski definition) is 2. The highest BCUT2D eigenvalue weighted by Gasteiger charge is 2.04. The van der Waals surface area contributed by atoms with E-state index < -0.39 is 5.97 Å². The van der Waals surface area contributed by atoms with Crippen molar-refractivity contribution in [1.29, 1.82) is 0 Å². The zero-order valence-electron chi connectivity index (χ0n) is 8.89. The molecule has 88 valence electrons. The minimum atomic E-state index is -0.796. The van der Waals surface area contributed by atoms with Crippen LogP contribution in [-0.4, -0.2) is 17.6 Å². The van der Waals surface area contributed by atoms with E-state index in [9.17, 15) is 4.79 Å². The molecule has 16 heavy (non-hydrogen) atoms. The van der Waals surface area contributed by atoms with Crippen LogP contribution >= 0.6 is 23.2 Å². The van der Waals surface area contributed by atoms with E-state index in [1.807, 2.05) is 6.92 Å². The molecule has 3 nitrogen and oxygen atoms in total. The largest absolute Gasteiger partial charge is 0.481 e. The lowest BCUT2D eigenvalue weighted by molar-refractivity contribution is -0.137. The van der Waals surface area contributed by atoms with Crippen molar-refractivity contribution in [3.05, 3.63) is 27.7 Å². The first kappa shape index (κ1) is 13.1. The highest BCUT2D eigenvalue weighted by atomic mass is 35.5. The Morgan fingerprint density at radius 2 is 2.06 bits per heavy atom. The molecule has 0 atom stereocenters. The van der Waals surface area contributed by atoms with Gasteiger partial charge < -0.3 is 10.4 Å². The molecule has 0 aliphatic heterocycles. The highest BCUT2D eigenvalue weighted by molar-refractivity contribution is 6.35. The summed E-state index contributed by atoms with van der Waals surface area (Å²) in [5.41, 5.74) is 1.66. The normalized spacial score (nSPS) is 10.2. The molecule has 0 saturated heterocycles. The van der Waals surface area contributed by atoms with Crippen LogP contribution in [0.15, 0.2) is 12.1 Å². The smallest absolute Gasteiger partial charge is 0.303 e. The summed E-state index contributed by atoms with van der Waals surface area (Å²) in [5.74, 6) is -0.796. The second kappa shape index (κ2) is 5.97. The third-order valence-corrected chi connectivity index (χ3v) is 2.85. The molecular weight excluding hydrogens is 249 g/mol. The Labute approximate surface area is 104 Å². The number of aliphatic carboxylic acids is 1. The molecule has 0 saturated carbocycles. The number of carbonyl (C=O) groups is 1. The Morgan fingerprint density at radius 3 is 2.69 bits per heavy atom. The fraction of sp³-hybridized carbons (Fsp3) is 0.364. The number of aryl methyl sites for hydroxylation is 1. The summed E-state index contributed by atoms with van der Waals surface area (Å²) in [6.07, 6.45) is 0.696. The van der Waals surface area contributed by atoms with E-state index in [1.165, 1.54) is 0 Å². The number of rotatable bonds is 5. The van der Waals surface area contributed by atoms with E-state index in [4.69, 9.17) is 28.3 Å². The van der Waals surface area contributed by atoms with Gasteiger partial charge in [0.15, 0.2) is 0 Å². The SMILES string of the molecule is Cc1cc(Cl)c(NCCCC(=O)O)cc1Cl. The summed E-state index contributed by atoms with van der Waals surface area (Å²) in [4.78, 5) is 10.3. The summed E-state index contributed by atoms with van der Waals surface area (Å²) >= 11 is 12.0. The van der Waals surface area contributed by atoms with Gasteiger partial charge in [-0.1, -0.05) is 23.2 Å². The molecule has 0 radical (unpaired) electrons. The number of halogens is 2. The Hall–Kier alpha value is -0.930. The van der Waals surface area contributed by atoms with Gasteiger partial charge in [-0.15, -0.1) is 0 Å².